The van der Waals surface area contributed by atoms with Crippen LogP contribution in [0, 0.1) is 47.3 Å². The van der Waals surface area contributed by atoms with Crippen molar-refractivity contribution >= 4 is 29.7 Å². The van der Waals surface area contributed by atoms with E-state index < -0.39 is 59.3 Å². The summed E-state index contributed by atoms with van der Waals surface area (Å²) in [5.41, 5.74) is -0.757. The molecule has 0 aromatic heterocycles. The molecule has 3 rings (SSSR count). The Hall–Kier alpha value is -2.25. The van der Waals surface area contributed by atoms with Gasteiger partial charge in [-0.1, -0.05) is 13.8 Å². The Balaban J connectivity index is 1.80. The summed E-state index contributed by atoms with van der Waals surface area (Å²) in [6.45, 7) is 11.9. The monoisotopic (exact) mass is 492 g/mol. The van der Waals surface area contributed by atoms with Gasteiger partial charge in [-0.15, -0.1) is 0 Å². The maximum atomic E-state index is 13.2. The fraction of sp³-hybridized carbons (Fsp3) is 0.815. The molecular formula is C27H40O8. The third-order valence-corrected chi connectivity index (χ3v) is 8.22. The van der Waals surface area contributed by atoms with Crippen LogP contribution in [0.2, 0.25) is 0 Å². The standard InChI is InChI=1S/C27H40O8/c1-13(23(29)33-16(4)15(3)28)10-19(24(30)35-27(5,6)7)12-20-22(26(32)34-25(20)31)21-14(2)17-8-9-18(21)11-17/h13-14,16-22H,8-12H2,1-7H3. The van der Waals surface area contributed by atoms with Gasteiger partial charge in [-0.25, -0.2) is 0 Å². The van der Waals surface area contributed by atoms with Gasteiger partial charge in [0.2, 0.25) is 0 Å². The molecule has 35 heavy (non-hydrogen) atoms. The van der Waals surface area contributed by atoms with Crippen molar-refractivity contribution in [3.63, 3.8) is 0 Å². The van der Waals surface area contributed by atoms with E-state index in [1.807, 2.05) is 0 Å². The van der Waals surface area contributed by atoms with Crippen LogP contribution in [0.25, 0.3) is 0 Å². The van der Waals surface area contributed by atoms with E-state index in [0.717, 1.165) is 19.3 Å². The first-order valence-electron chi connectivity index (χ1n) is 12.9. The summed E-state index contributed by atoms with van der Waals surface area (Å²) in [6.07, 6.45) is 2.55. The number of ether oxygens (including phenoxy) is 3. The maximum absolute atomic E-state index is 13.2. The fourth-order valence-corrected chi connectivity index (χ4v) is 6.34. The summed E-state index contributed by atoms with van der Waals surface area (Å²) in [5.74, 6) is -3.96. The molecule has 9 atom stereocenters. The Morgan fingerprint density at radius 3 is 2.20 bits per heavy atom. The highest BCUT2D eigenvalue weighted by Gasteiger charge is 2.57. The van der Waals surface area contributed by atoms with Gasteiger partial charge in [0.1, 0.15) is 5.60 Å². The number of esters is 4. The van der Waals surface area contributed by atoms with E-state index in [4.69, 9.17) is 14.2 Å². The molecule has 0 aromatic rings. The van der Waals surface area contributed by atoms with Crippen molar-refractivity contribution in [3.05, 3.63) is 0 Å². The number of carbonyl (C=O) groups is 5. The van der Waals surface area contributed by atoms with Gasteiger partial charge in [0, 0.05) is 0 Å². The highest BCUT2D eigenvalue weighted by atomic mass is 16.6. The minimum absolute atomic E-state index is 0.0655. The highest BCUT2D eigenvalue weighted by Crippen LogP contribution is 2.57. The van der Waals surface area contributed by atoms with Crippen molar-refractivity contribution in [2.75, 3.05) is 0 Å². The van der Waals surface area contributed by atoms with E-state index in [1.165, 1.54) is 13.8 Å². The molecule has 0 N–H and O–H groups in total. The summed E-state index contributed by atoms with van der Waals surface area (Å²) >= 11 is 0. The summed E-state index contributed by atoms with van der Waals surface area (Å²) in [7, 11) is 0. The van der Waals surface area contributed by atoms with Crippen LogP contribution in [0.4, 0.5) is 0 Å². The summed E-state index contributed by atoms with van der Waals surface area (Å²) in [5, 5.41) is 0. The SMILES string of the molecule is CC(=O)C(C)OC(=O)C(C)CC(CC1C(=O)OC(=O)C1C1C2CCC(C2)C1C)C(=O)OC(C)(C)C. The van der Waals surface area contributed by atoms with E-state index in [0.29, 0.717) is 17.8 Å². The minimum Gasteiger partial charge on any atom is -0.460 e. The third-order valence-electron chi connectivity index (χ3n) is 8.22. The molecule has 2 aliphatic carbocycles. The van der Waals surface area contributed by atoms with Crippen LogP contribution < -0.4 is 0 Å². The van der Waals surface area contributed by atoms with Gasteiger partial charge in [-0.3, -0.25) is 24.0 Å². The molecule has 1 heterocycles. The van der Waals surface area contributed by atoms with E-state index >= 15 is 0 Å². The number of cyclic esters (lactones) is 2. The van der Waals surface area contributed by atoms with Crippen molar-refractivity contribution in [3.8, 4) is 0 Å². The first-order chi connectivity index (χ1) is 16.2. The topological polar surface area (TPSA) is 113 Å². The van der Waals surface area contributed by atoms with Crippen molar-refractivity contribution in [2.45, 2.75) is 92.3 Å². The molecule has 3 fully saturated rings. The number of ketones is 1. The Morgan fingerprint density at radius 2 is 1.66 bits per heavy atom. The highest BCUT2D eigenvalue weighted by molar-refractivity contribution is 5.97. The van der Waals surface area contributed by atoms with Crippen molar-refractivity contribution < 1.29 is 38.2 Å². The molecule has 2 saturated carbocycles. The number of hydrogen-bond donors (Lipinski definition) is 0. The molecule has 1 saturated heterocycles. The average molecular weight is 493 g/mol. The molecule has 0 spiro atoms. The van der Waals surface area contributed by atoms with Gasteiger partial charge in [0.05, 0.1) is 23.7 Å². The molecule has 8 nitrogen and oxygen atoms in total. The quantitative estimate of drug-likeness (QED) is 0.271. The fourth-order valence-electron chi connectivity index (χ4n) is 6.34. The van der Waals surface area contributed by atoms with Crippen molar-refractivity contribution in [2.24, 2.45) is 47.3 Å². The second-order valence-electron chi connectivity index (χ2n) is 11.9. The lowest BCUT2D eigenvalue weighted by Crippen LogP contribution is -2.38. The number of fused-ring (bicyclic) bond motifs is 2. The van der Waals surface area contributed by atoms with Crippen molar-refractivity contribution in [1.82, 2.24) is 0 Å². The largest absolute Gasteiger partial charge is 0.460 e. The van der Waals surface area contributed by atoms with Crippen LogP contribution in [0.3, 0.4) is 0 Å². The van der Waals surface area contributed by atoms with E-state index in [1.54, 1.807) is 27.7 Å². The maximum Gasteiger partial charge on any atom is 0.317 e. The summed E-state index contributed by atoms with van der Waals surface area (Å²) in [4.78, 5) is 62.9. The Labute approximate surface area is 207 Å². The third kappa shape index (κ3) is 6.12. The normalized spacial score (nSPS) is 32.7. The van der Waals surface area contributed by atoms with E-state index in [-0.39, 0.29) is 24.5 Å². The zero-order valence-electron chi connectivity index (χ0n) is 22.0. The Bertz CT molecular complexity index is 869. The second kappa shape index (κ2) is 10.4. The minimum atomic E-state index is -0.879. The Kier molecular flexibility index (Phi) is 8.12. The van der Waals surface area contributed by atoms with Gasteiger partial charge in [-0.2, -0.15) is 0 Å². The van der Waals surface area contributed by atoms with Crippen LogP contribution >= 0.6 is 0 Å². The van der Waals surface area contributed by atoms with Gasteiger partial charge >= 0.3 is 23.9 Å². The number of hydrogen-bond acceptors (Lipinski definition) is 8. The lowest BCUT2D eigenvalue weighted by Gasteiger charge is -2.34. The second-order valence-corrected chi connectivity index (χ2v) is 11.9. The van der Waals surface area contributed by atoms with E-state index in [2.05, 4.69) is 6.92 Å². The number of carbonyl (C=O) groups excluding carboxylic acids is 5. The lowest BCUT2D eigenvalue weighted by molar-refractivity contribution is -0.164. The van der Waals surface area contributed by atoms with Crippen LogP contribution in [-0.4, -0.2) is 41.4 Å². The van der Waals surface area contributed by atoms with Crippen molar-refractivity contribution in [1.29, 1.82) is 0 Å². The average Bonchev–Trinajstić information content (AvgIpc) is 3.40. The van der Waals surface area contributed by atoms with Crippen LogP contribution in [-0.2, 0) is 38.2 Å². The molecule has 3 aliphatic rings. The number of Topliss-reactive ketones (excluding diaryl/α,β-unsaturated/α-hetero) is 1. The van der Waals surface area contributed by atoms with Crippen LogP contribution in [0.1, 0.15) is 80.6 Å². The van der Waals surface area contributed by atoms with Gasteiger partial charge < -0.3 is 14.2 Å². The molecule has 0 radical (unpaired) electrons. The number of rotatable bonds is 9. The smallest absolute Gasteiger partial charge is 0.317 e. The lowest BCUT2D eigenvalue weighted by atomic mass is 9.68. The first kappa shape index (κ1) is 27.3. The molecule has 196 valence electrons. The summed E-state index contributed by atoms with van der Waals surface area (Å²) < 4.78 is 16.0. The Morgan fingerprint density at radius 1 is 1.03 bits per heavy atom. The first-order valence-corrected chi connectivity index (χ1v) is 12.9. The van der Waals surface area contributed by atoms with E-state index in [9.17, 15) is 24.0 Å². The summed E-state index contributed by atoms with van der Waals surface area (Å²) in [6, 6.07) is 0. The zero-order chi connectivity index (χ0) is 26.2. The molecule has 0 amide bonds. The van der Waals surface area contributed by atoms with Gasteiger partial charge in [0.25, 0.3) is 0 Å². The van der Waals surface area contributed by atoms with Gasteiger partial charge in [0.15, 0.2) is 11.9 Å². The molecule has 0 aromatic carbocycles. The van der Waals surface area contributed by atoms with Gasteiger partial charge in [-0.05, 0) is 90.4 Å². The molecule has 9 unspecified atom stereocenters. The molecular weight excluding hydrogens is 452 g/mol. The molecule has 1 aliphatic heterocycles. The molecule has 2 bridgehead atoms. The molecule has 8 heteroatoms. The zero-order valence-corrected chi connectivity index (χ0v) is 22.0. The predicted molar refractivity (Wildman–Crippen MR) is 126 cm³/mol. The van der Waals surface area contributed by atoms with Crippen LogP contribution in [0.5, 0.6) is 0 Å². The van der Waals surface area contributed by atoms with Crippen LogP contribution in [0.15, 0.2) is 0 Å². The predicted octanol–water partition coefficient (Wildman–Crippen LogP) is 3.88.